The molecule has 0 saturated heterocycles. The molecular formula is C12H20BrNS2. The van der Waals surface area contributed by atoms with Gasteiger partial charge in [-0.25, -0.2) is 0 Å². The minimum absolute atomic E-state index is 0.723. The maximum absolute atomic E-state index is 4.42. The van der Waals surface area contributed by atoms with E-state index >= 15 is 0 Å². The fraction of sp³-hybridized carbons (Fsp3) is 0.667. The number of hydrogen-bond acceptors (Lipinski definition) is 3. The van der Waals surface area contributed by atoms with Crippen molar-refractivity contribution in [3.05, 3.63) is 20.8 Å². The molecule has 1 nitrogen and oxygen atoms in total. The molecule has 1 aromatic rings. The van der Waals surface area contributed by atoms with Crippen LogP contribution >= 0.6 is 39.9 Å². The van der Waals surface area contributed by atoms with Crippen molar-refractivity contribution in [2.45, 2.75) is 26.3 Å². The van der Waals surface area contributed by atoms with Gasteiger partial charge in [-0.1, -0.05) is 13.3 Å². The zero-order valence-corrected chi connectivity index (χ0v) is 13.2. The smallest absolute Gasteiger partial charge is 0.0701 e. The van der Waals surface area contributed by atoms with Crippen LogP contribution in [0, 0.1) is 5.92 Å². The summed E-state index contributed by atoms with van der Waals surface area (Å²) in [5, 5.41) is 2.22. The first kappa shape index (κ1) is 14.6. The molecule has 0 N–H and O–H groups in total. The molecule has 0 spiro atoms. The van der Waals surface area contributed by atoms with Gasteiger partial charge in [0.15, 0.2) is 0 Å². The normalized spacial score (nSPS) is 13.3. The van der Waals surface area contributed by atoms with E-state index in [1.165, 1.54) is 22.2 Å². The molecule has 0 bridgehead atoms. The molecule has 0 radical (unpaired) electrons. The van der Waals surface area contributed by atoms with Gasteiger partial charge >= 0.3 is 0 Å². The van der Waals surface area contributed by atoms with Gasteiger partial charge in [0.25, 0.3) is 0 Å². The third-order valence-corrected chi connectivity index (χ3v) is 4.67. The Morgan fingerprint density at radius 1 is 1.56 bits per heavy atom. The minimum Gasteiger partial charge on any atom is -0.302 e. The van der Waals surface area contributed by atoms with E-state index in [2.05, 4.69) is 58.9 Å². The van der Waals surface area contributed by atoms with Crippen molar-refractivity contribution >= 4 is 39.9 Å². The Morgan fingerprint density at radius 3 is 2.81 bits per heavy atom. The Labute approximate surface area is 117 Å². The van der Waals surface area contributed by atoms with Gasteiger partial charge in [0.05, 0.1) is 3.79 Å². The topological polar surface area (TPSA) is 3.24 Å². The first-order valence-corrected chi connectivity index (χ1v) is 7.98. The fourth-order valence-corrected chi connectivity index (χ4v) is 3.39. The summed E-state index contributed by atoms with van der Waals surface area (Å²) in [7, 11) is 2.19. The molecule has 4 heteroatoms. The van der Waals surface area contributed by atoms with Gasteiger partial charge in [0.2, 0.25) is 0 Å². The largest absolute Gasteiger partial charge is 0.302 e. The van der Waals surface area contributed by atoms with E-state index in [9.17, 15) is 0 Å². The highest BCUT2D eigenvalue weighted by atomic mass is 79.9. The molecule has 16 heavy (non-hydrogen) atoms. The molecule has 0 aliphatic carbocycles. The molecule has 0 aliphatic rings. The zero-order valence-electron chi connectivity index (χ0n) is 9.95. The highest BCUT2D eigenvalue weighted by Crippen LogP contribution is 2.22. The lowest BCUT2D eigenvalue weighted by Gasteiger charge is -2.22. The molecular weight excluding hydrogens is 302 g/mol. The van der Waals surface area contributed by atoms with E-state index in [0.29, 0.717) is 0 Å². The highest BCUT2D eigenvalue weighted by molar-refractivity contribution is 9.11. The lowest BCUT2D eigenvalue weighted by atomic mass is 10.1. The summed E-state index contributed by atoms with van der Waals surface area (Å²) in [6, 6.07) is 2.21. The van der Waals surface area contributed by atoms with Crippen LogP contribution < -0.4 is 0 Å². The third-order valence-electron chi connectivity index (χ3n) is 2.60. The van der Waals surface area contributed by atoms with E-state index in [1.807, 2.05) is 0 Å². The second-order valence-corrected chi connectivity index (χ2v) is 6.95. The lowest BCUT2D eigenvalue weighted by Crippen LogP contribution is -2.26. The fourth-order valence-electron chi connectivity index (χ4n) is 1.89. The maximum Gasteiger partial charge on any atom is 0.0701 e. The zero-order chi connectivity index (χ0) is 12.0. The standard InChI is InChI=1S/C12H20BrNS2/c1-3-4-10(8-15)6-14(2)7-11-5-12(13)16-9-11/h5,9-10,15H,3-4,6-8H2,1-2H3. The predicted octanol–water partition coefficient (Wildman–Crippen LogP) is 4.29. The second kappa shape index (κ2) is 7.75. The molecule has 0 aromatic carbocycles. The van der Waals surface area contributed by atoms with Crippen molar-refractivity contribution < 1.29 is 0 Å². The number of hydrogen-bond donors (Lipinski definition) is 1. The number of thiophene rings is 1. The van der Waals surface area contributed by atoms with Gasteiger partial charge in [0.1, 0.15) is 0 Å². The monoisotopic (exact) mass is 321 g/mol. The molecule has 1 aromatic heterocycles. The van der Waals surface area contributed by atoms with Gasteiger partial charge < -0.3 is 4.90 Å². The lowest BCUT2D eigenvalue weighted by molar-refractivity contribution is 0.273. The summed E-state index contributed by atoms with van der Waals surface area (Å²) >= 11 is 9.68. The Hall–Kier alpha value is 0.490. The van der Waals surface area contributed by atoms with Crippen molar-refractivity contribution in [2.75, 3.05) is 19.3 Å². The second-order valence-electron chi connectivity index (χ2n) is 4.29. The molecule has 1 heterocycles. The van der Waals surface area contributed by atoms with E-state index < -0.39 is 0 Å². The maximum atomic E-state index is 4.42. The van der Waals surface area contributed by atoms with Crippen LogP contribution in [-0.2, 0) is 6.54 Å². The van der Waals surface area contributed by atoms with Gasteiger partial charge in [-0.3, -0.25) is 0 Å². The Morgan fingerprint density at radius 2 is 2.31 bits per heavy atom. The van der Waals surface area contributed by atoms with Gasteiger partial charge in [-0.15, -0.1) is 11.3 Å². The van der Waals surface area contributed by atoms with Gasteiger partial charge in [0, 0.05) is 13.1 Å². The van der Waals surface area contributed by atoms with Crippen LogP contribution in [0.2, 0.25) is 0 Å². The van der Waals surface area contributed by atoms with Crippen molar-refractivity contribution in [1.82, 2.24) is 4.90 Å². The van der Waals surface area contributed by atoms with Crippen LogP contribution in [0.15, 0.2) is 15.2 Å². The Kier molecular flexibility index (Phi) is 7.04. The average molecular weight is 322 g/mol. The summed E-state index contributed by atoms with van der Waals surface area (Å²) in [6.45, 7) is 4.42. The first-order valence-electron chi connectivity index (χ1n) is 5.68. The molecule has 0 aliphatic heterocycles. The average Bonchev–Trinajstić information content (AvgIpc) is 2.63. The number of nitrogens with zero attached hydrogens (tertiary/aromatic N) is 1. The van der Waals surface area contributed by atoms with E-state index in [-0.39, 0.29) is 0 Å². The Balaban J connectivity index is 2.37. The molecule has 0 fully saturated rings. The van der Waals surface area contributed by atoms with Crippen LogP contribution in [-0.4, -0.2) is 24.2 Å². The minimum atomic E-state index is 0.723. The number of thiol groups is 1. The molecule has 92 valence electrons. The van der Waals surface area contributed by atoms with Crippen molar-refractivity contribution in [1.29, 1.82) is 0 Å². The summed E-state index contributed by atoms with van der Waals surface area (Å²) in [5.74, 6) is 1.71. The Bertz CT molecular complexity index is 301. The summed E-state index contributed by atoms with van der Waals surface area (Å²) < 4.78 is 1.22. The van der Waals surface area contributed by atoms with E-state index in [1.54, 1.807) is 11.3 Å². The number of halogens is 1. The van der Waals surface area contributed by atoms with E-state index in [4.69, 9.17) is 0 Å². The number of rotatable bonds is 7. The summed E-state index contributed by atoms with van der Waals surface area (Å²) in [5.41, 5.74) is 1.40. The predicted molar refractivity (Wildman–Crippen MR) is 80.6 cm³/mol. The molecule has 1 unspecified atom stereocenters. The van der Waals surface area contributed by atoms with E-state index in [0.717, 1.165) is 24.8 Å². The van der Waals surface area contributed by atoms with Gasteiger partial charge in [-0.2, -0.15) is 12.6 Å². The molecule has 0 saturated carbocycles. The van der Waals surface area contributed by atoms with Crippen LogP contribution in [0.4, 0.5) is 0 Å². The van der Waals surface area contributed by atoms with Crippen molar-refractivity contribution in [3.63, 3.8) is 0 Å². The summed E-state index contributed by atoms with van der Waals surface area (Å²) in [6.07, 6.45) is 2.53. The quantitative estimate of drug-likeness (QED) is 0.733. The molecule has 1 rings (SSSR count). The van der Waals surface area contributed by atoms with Crippen LogP contribution in [0.25, 0.3) is 0 Å². The summed E-state index contributed by atoms with van der Waals surface area (Å²) in [4.78, 5) is 2.39. The van der Waals surface area contributed by atoms with Crippen LogP contribution in [0.1, 0.15) is 25.3 Å². The third kappa shape index (κ3) is 5.21. The van der Waals surface area contributed by atoms with Gasteiger partial charge in [-0.05, 0) is 58.1 Å². The first-order chi connectivity index (χ1) is 7.65. The SMILES string of the molecule is CCCC(CS)CN(C)Cc1csc(Br)c1. The van der Waals surface area contributed by atoms with Crippen molar-refractivity contribution in [3.8, 4) is 0 Å². The molecule has 1 atom stereocenters. The van der Waals surface area contributed by atoms with Crippen molar-refractivity contribution in [2.24, 2.45) is 5.92 Å². The highest BCUT2D eigenvalue weighted by Gasteiger charge is 2.10. The van der Waals surface area contributed by atoms with Crippen LogP contribution in [0.5, 0.6) is 0 Å². The van der Waals surface area contributed by atoms with Crippen LogP contribution in [0.3, 0.4) is 0 Å². The molecule has 0 amide bonds.